The average Bonchev–Trinajstić information content (AvgIpc) is 2.27. The summed E-state index contributed by atoms with van der Waals surface area (Å²) in [5, 5.41) is 4.36. The van der Waals surface area contributed by atoms with Crippen LogP contribution in [0.1, 0.15) is 32.3 Å². The van der Waals surface area contributed by atoms with Gasteiger partial charge >= 0.3 is 0 Å². The molecule has 2 unspecified atom stereocenters. The van der Waals surface area contributed by atoms with Gasteiger partial charge < -0.3 is 5.32 Å². The van der Waals surface area contributed by atoms with Crippen LogP contribution in [0.3, 0.4) is 0 Å². The maximum absolute atomic E-state index is 6.23. The summed E-state index contributed by atoms with van der Waals surface area (Å²) in [5.74, 6) is 1.43. The number of hydrogen-bond donors (Lipinski definition) is 1. The first kappa shape index (κ1) is 13.5. The summed E-state index contributed by atoms with van der Waals surface area (Å²) in [6, 6.07) is 6.05. The number of hydrogen-bond acceptors (Lipinski definition) is 1. The minimum Gasteiger partial charge on any atom is -0.383 e. The predicted molar refractivity (Wildman–Crippen MR) is 80.3 cm³/mol. The second-order valence-corrected chi connectivity index (χ2v) is 6.02. The van der Waals surface area contributed by atoms with Crippen LogP contribution >= 0.6 is 11.6 Å². The monoisotopic (exact) mass is 263 g/mol. The highest BCUT2D eigenvalue weighted by molar-refractivity contribution is 6.33. The summed E-state index contributed by atoms with van der Waals surface area (Å²) in [4.78, 5) is 0. The molecule has 1 aliphatic rings. The first-order chi connectivity index (χ1) is 8.56. The van der Waals surface area contributed by atoms with Gasteiger partial charge in [-0.05, 0) is 50.2 Å². The zero-order valence-corrected chi connectivity index (χ0v) is 12.2. The van der Waals surface area contributed by atoms with E-state index in [1.807, 2.05) is 12.1 Å². The molecule has 0 amide bonds. The predicted octanol–water partition coefficient (Wildman–Crippen LogP) is 5.05. The van der Waals surface area contributed by atoms with Gasteiger partial charge in [-0.1, -0.05) is 42.3 Å². The lowest BCUT2D eigenvalue weighted by atomic mass is 9.83. The standard InChI is InChI=1S/C16H22ClN/c1-11-7-12(2)9-14(8-11)10-18-16-13(3)5-4-6-15(16)17/h4-7,11,14,18H,8-10H2,1-3H3. The van der Waals surface area contributed by atoms with E-state index in [2.05, 4.69) is 38.2 Å². The molecule has 18 heavy (non-hydrogen) atoms. The number of para-hydroxylation sites is 1. The molecule has 0 heterocycles. The lowest BCUT2D eigenvalue weighted by Crippen LogP contribution is -2.20. The molecule has 0 aromatic heterocycles. The molecule has 0 aliphatic heterocycles. The first-order valence-electron chi connectivity index (χ1n) is 6.72. The van der Waals surface area contributed by atoms with Gasteiger partial charge in [0, 0.05) is 6.54 Å². The van der Waals surface area contributed by atoms with Crippen molar-refractivity contribution in [1.82, 2.24) is 0 Å². The van der Waals surface area contributed by atoms with Crippen molar-refractivity contribution in [3.63, 3.8) is 0 Å². The highest BCUT2D eigenvalue weighted by Gasteiger charge is 2.18. The smallest absolute Gasteiger partial charge is 0.0640 e. The number of aryl methyl sites for hydroxylation is 1. The molecule has 0 saturated heterocycles. The SMILES string of the molecule is CC1=CC(C)CC(CNc2c(C)cccc2Cl)C1. The summed E-state index contributed by atoms with van der Waals surface area (Å²) >= 11 is 6.23. The molecule has 0 bridgehead atoms. The fraction of sp³-hybridized carbons (Fsp3) is 0.500. The number of rotatable bonds is 3. The zero-order chi connectivity index (χ0) is 13.1. The van der Waals surface area contributed by atoms with Crippen molar-refractivity contribution in [2.45, 2.75) is 33.6 Å². The quantitative estimate of drug-likeness (QED) is 0.753. The van der Waals surface area contributed by atoms with E-state index in [0.717, 1.165) is 23.2 Å². The molecule has 1 N–H and O–H groups in total. The molecular formula is C16H22ClN. The van der Waals surface area contributed by atoms with Crippen LogP contribution in [0.5, 0.6) is 0 Å². The van der Waals surface area contributed by atoms with Crippen LogP contribution in [-0.4, -0.2) is 6.54 Å². The van der Waals surface area contributed by atoms with E-state index in [0.29, 0.717) is 5.92 Å². The van der Waals surface area contributed by atoms with E-state index in [9.17, 15) is 0 Å². The van der Waals surface area contributed by atoms with Gasteiger partial charge in [-0.2, -0.15) is 0 Å². The Kier molecular flexibility index (Phi) is 4.34. The summed E-state index contributed by atoms with van der Waals surface area (Å²) < 4.78 is 0. The van der Waals surface area contributed by atoms with Crippen molar-refractivity contribution < 1.29 is 0 Å². The van der Waals surface area contributed by atoms with Gasteiger partial charge in [0.15, 0.2) is 0 Å². The van der Waals surface area contributed by atoms with Gasteiger partial charge in [0.2, 0.25) is 0 Å². The van der Waals surface area contributed by atoms with Crippen LogP contribution in [0.15, 0.2) is 29.8 Å². The van der Waals surface area contributed by atoms with Crippen LogP contribution in [0.25, 0.3) is 0 Å². The maximum atomic E-state index is 6.23. The first-order valence-corrected chi connectivity index (χ1v) is 7.10. The number of nitrogens with one attached hydrogen (secondary N) is 1. The van der Waals surface area contributed by atoms with E-state index in [1.165, 1.54) is 24.0 Å². The van der Waals surface area contributed by atoms with E-state index in [-0.39, 0.29) is 0 Å². The van der Waals surface area contributed by atoms with Crippen molar-refractivity contribution in [2.24, 2.45) is 11.8 Å². The van der Waals surface area contributed by atoms with Crippen LogP contribution in [-0.2, 0) is 0 Å². The third kappa shape index (κ3) is 3.29. The van der Waals surface area contributed by atoms with Crippen LogP contribution in [0, 0.1) is 18.8 Å². The number of allylic oxidation sites excluding steroid dienone is 2. The highest BCUT2D eigenvalue weighted by atomic mass is 35.5. The molecular weight excluding hydrogens is 242 g/mol. The third-order valence-corrected chi connectivity index (χ3v) is 3.99. The van der Waals surface area contributed by atoms with Gasteiger partial charge in [-0.15, -0.1) is 0 Å². The molecule has 1 nitrogen and oxygen atoms in total. The molecule has 1 aromatic rings. The number of anilines is 1. The molecule has 2 heteroatoms. The van der Waals surface area contributed by atoms with Gasteiger partial charge in [0.25, 0.3) is 0 Å². The van der Waals surface area contributed by atoms with Gasteiger partial charge in [-0.25, -0.2) is 0 Å². The second kappa shape index (κ2) is 5.79. The van der Waals surface area contributed by atoms with Crippen molar-refractivity contribution in [3.05, 3.63) is 40.4 Å². The zero-order valence-electron chi connectivity index (χ0n) is 11.5. The highest BCUT2D eigenvalue weighted by Crippen LogP contribution is 2.30. The van der Waals surface area contributed by atoms with Gasteiger partial charge in [0.1, 0.15) is 0 Å². The summed E-state index contributed by atoms with van der Waals surface area (Å²) in [6.07, 6.45) is 4.88. The number of benzene rings is 1. The molecule has 0 saturated carbocycles. The largest absolute Gasteiger partial charge is 0.383 e. The van der Waals surface area contributed by atoms with E-state index >= 15 is 0 Å². The molecule has 1 aromatic carbocycles. The van der Waals surface area contributed by atoms with Gasteiger partial charge in [0.05, 0.1) is 10.7 Å². The molecule has 2 atom stereocenters. The van der Waals surface area contributed by atoms with Crippen molar-refractivity contribution in [1.29, 1.82) is 0 Å². The minimum atomic E-state index is 0.706. The summed E-state index contributed by atoms with van der Waals surface area (Å²) in [6.45, 7) is 7.66. The molecule has 1 aliphatic carbocycles. The van der Waals surface area contributed by atoms with E-state index < -0.39 is 0 Å². The lowest BCUT2D eigenvalue weighted by Gasteiger charge is -2.26. The van der Waals surface area contributed by atoms with Crippen LogP contribution in [0.4, 0.5) is 5.69 Å². The van der Waals surface area contributed by atoms with Crippen LogP contribution in [0.2, 0.25) is 5.02 Å². The van der Waals surface area contributed by atoms with Crippen molar-refractivity contribution in [3.8, 4) is 0 Å². The Morgan fingerprint density at radius 3 is 2.78 bits per heavy atom. The molecule has 98 valence electrons. The Morgan fingerprint density at radius 1 is 1.33 bits per heavy atom. The fourth-order valence-corrected chi connectivity index (χ4v) is 3.23. The second-order valence-electron chi connectivity index (χ2n) is 5.61. The Morgan fingerprint density at radius 2 is 2.11 bits per heavy atom. The molecule has 0 fully saturated rings. The Bertz CT molecular complexity index is 430. The molecule has 2 rings (SSSR count). The third-order valence-electron chi connectivity index (χ3n) is 3.67. The molecule has 0 spiro atoms. The van der Waals surface area contributed by atoms with Gasteiger partial charge in [-0.3, -0.25) is 0 Å². The Labute approximate surface area is 115 Å². The summed E-state index contributed by atoms with van der Waals surface area (Å²) in [7, 11) is 0. The molecule has 0 radical (unpaired) electrons. The minimum absolute atomic E-state index is 0.706. The van der Waals surface area contributed by atoms with E-state index in [4.69, 9.17) is 11.6 Å². The average molecular weight is 264 g/mol. The van der Waals surface area contributed by atoms with E-state index in [1.54, 1.807) is 0 Å². The Hall–Kier alpha value is -0.950. The topological polar surface area (TPSA) is 12.0 Å². The normalized spacial score (nSPS) is 23.7. The lowest BCUT2D eigenvalue weighted by molar-refractivity contribution is 0.421. The van der Waals surface area contributed by atoms with Crippen molar-refractivity contribution in [2.75, 3.05) is 11.9 Å². The maximum Gasteiger partial charge on any atom is 0.0640 e. The Balaban J connectivity index is 1.98. The fourth-order valence-electron chi connectivity index (χ4n) is 2.94. The van der Waals surface area contributed by atoms with Crippen molar-refractivity contribution >= 4 is 17.3 Å². The summed E-state index contributed by atoms with van der Waals surface area (Å²) in [5.41, 5.74) is 3.84. The van der Waals surface area contributed by atoms with Crippen LogP contribution < -0.4 is 5.32 Å². The number of halogens is 1.